The minimum Gasteiger partial charge on any atom is -0.341 e. The molecule has 0 spiro atoms. The first-order chi connectivity index (χ1) is 9.22. The van der Waals surface area contributed by atoms with E-state index in [9.17, 15) is 18.0 Å². The molecule has 2 aliphatic rings. The largest absolute Gasteiger partial charge is 0.391 e. The first kappa shape index (κ1) is 15.6. The Kier molecular flexibility index (Phi) is 4.33. The highest BCUT2D eigenvalue weighted by Crippen LogP contribution is 2.36. The molecule has 0 aliphatic carbocycles. The van der Waals surface area contributed by atoms with E-state index in [2.05, 4.69) is 5.32 Å². The average molecular weight is 292 g/mol. The lowest BCUT2D eigenvalue weighted by Gasteiger charge is -2.42. The number of nitrogens with one attached hydrogen (secondary N) is 1. The van der Waals surface area contributed by atoms with Crippen LogP contribution in [0.15, 0.2) is 0 Å². The van der Waals surface area contributed by atoms with Gasteiger partial charge in [-0.25, -0.2) is 0 Å². The highest BCUT2D eigenvalue weighted by Gasteiger charge is 2.44. The quantitative estimate of drug-likeness (QED) is 0.805. The molecule has 0 bridgehead atoms. The molecule has 0 radical (unpaired) electrons. The molecule has 1 atom stereocenters. The van der Waals surface area contributed by atoms with Gasteiger partial charge in [0.05, 0.1) is 12.0 Å². The van der Waals surface area contributed by atoms with Crippen molar-refractivity contribution in [1.82, 2.24) is 10.2 Å². The number of likely N-dealkylation sites (tertiary alicyclic amines) is 1. The smallest absolute Gasteiger partial charge is 0.341 e. The zero-order valence-corrected chi connectivity index (χ0v) is 12.1. The van der Waals surface area contributed by atoms with E-state index in [1.165, 1.54) is 0 Å². The second-order valence-corrected chi connectivity index (χ2v) is 6.62. The number of carbonyl (C=O) groups is 1. The lowest BCUT2D eigenvalue weighted by atomic mass is 9.76. The van der Waals surface area contributed by atoms with E-state index < -0.39 is 12.1 Å². The van der Waals surface area contributed by atoms with Gasteiger partial charge in [0.15, 0.2) is 0 Å². The summed E-state index contributed by atoms with van der Waals surface area (Å²) >= 11 is 0. The van der Waals surface area contributed by atoms with Crippen molar-refractivity contribution < 1.29 is 18.0 Å². The molecule has 3 nitrogen and oxygen atoms in total. The molecule has 116 valence electrons. The Bertz CT molecular complexity index is 360. The van der Waals surface area contributed by atoms with Crippen LogP contribution in [0.25, 0.3) is 0 Å². The number of nitrogens with zero attached hydrogens (tertiary/aromatic N) is 1. The fourth-order valence-corrected chi connectivity index (χ4v) is 3.24. The van der Waals surface area contributed by atoms with Crippen LogP contribution >= 0.6 is 0 Å². The van der Waals surface area contributed by atoms with Crippen molar-refractivity contribution in [2.24, 2.45) is 11.3 Å². The predicted molar refractivity (Wildman–Crippen MR) is 70.2 cm³/mol. The number of alkyl halides is 3. The van der Waals surface area contributed by atoms with Crippen molar-refractivity contribution in [2.75, 3.05) is 19.6 Å². The van der Waals surface area contributed by atoms with Gasteiger partial charge >= 0.3 is 6.18 Å². The first-order valence-electron chi connectivity index (χ1n) is 7.31. The Morgan fingerprint density at radius 1 is 1.25 bits per heavy atom. The van der Waals surface area contributed by atoms with Gasteiger partial charge in [-0.3, -0.25) is 4.79 Å². The van der Waals surface area contributed by atoms with Crippen molar-refractivity contribution >= 4 is 5.91 Å². The predicted octanol–water partition coefficient (Wildman–Crippen LogP) is 2.57. The number of amides is 1. The topological polar surface area (TPSA) is 32.3 Å². The Balaban J connectivity index is 1.95. The van der Waals surface area contributed by atoms with Crippen LogP contribution in [0.5, 0.6) is 0 Å². The summed E-state index contributed by atoms with van der Waals surface area (Å²) < 4.78 is 37.9. The standard InChI is InChI=1S/C14H23F3N2O/c1-13(2)6-3-7-18-11(13)12(20)19-8-4-10(5-9-19)14(15,16)17/h10-11,18H,3-9H2,1-2H3. The number of halogens is 3. The molecule has 0 aromatic heterocycles. The molecule has 1 amide bonds. The maximum absolute atomic E-state index is 12.6. The first-order valence-corrected chi connectivity index (χ1v) is 7.31. The van der Waals surface area contributed by atoms with Crippen LogP contribution in [0.3, 0.4) is 0 Å². The summed E-state index contributed by atoms with van der Waals surface area (Å²) in [5.74, 6) is -1.28. The van der Waals surface area contributed by atoms with Crippen LogP contribution in [0, 0.1) is 11.3 Å². The van der Waals surface area contributed by atoms with Crippen LogP contribution in [0.1, 0.15) is 39.5 Å². The molecule has 2 heterocycles. The van der Waals surface area contributed by atoms with Gasteiger partial charge in [0, 0.05) is 13.1 Å². The molecule has 2 saturated heterocycles. The maximum atomic E-state index is 12.6. The van der Waals surface area contributed by atoms with E-state index in [0.717, 1.165) is 19.4 Å². The molecule has 0 aromatic rings. The number of carbonyl (C=O) groups excluding carboxylic acids is 1. The fourth-order valence-electron chi connectivity index (χ4n) is 3.24. The lowest BCUT2D eigenvalue weighted by molar-refractivity contribution is -0.187. The highest BCUT2D eigenvalue weighted by atomic mass is 19.4. The van der Waals surface area contributed by atoms with Crippen molar-refractivity contribution in [3.05, 3.63) is 0 Å². The van der Waals surface area contributed by atoms with Crippen molar-refractivity contribution in [3.63, 3.8) is 0 Å². The number of rotatable bonds is 1. The molecule has 6 heteroatoms. The minimum atomic E-state index is -4.13. The normalized spacial score (nSPS) is 28.4. The van der Waals surface area contributed by atoms with Crippen molar-refractivity contribution in [3.8, 4) is 0 Å². The Labute approximate surface area is 117 Å². The third-order valence-corrected chi connectivity index (χ3v) is 4.64. The number of hydrogen-bond donors (Lipinski definition) is 1. The minimum absolute atomic E-state index is 0.0301. The molecule has 0 saturated carbocycles. The second-order valence-electron chi connectivity index (χ2n) is 6.62. The van der Waals surface area contributed by atoms with E-state index >= 15 is 0 Å². The molecule has 1 unspecified atom stereocenters. The van der Waals surface area contributed by atoms with E-state index in [0.29, 0.717) is 0 Å². The number of piperidine rings is 2. The third kappa shape index (κ3) is 3.27. The van der Waals surface area contributed by atoms with Crippen LogP contribution in [0.2, 0.25) is 0 Å². The molecule has 2 rings (SSSR count). The summed E-state index contributed by atoms with van der Waals surface area (Å²) in [4.78, 5) is 14.1. The van der Waals surface area contributed by atoms with Crippen LogP contribution < -0.4 is 5.32 Å². The van der Waals surface area contributed by atoms with Crippen molar-refractivity contribution in [1.29, 1.82) is 0 Å². The summed E-state index contributed by atoms with van der Waals surface area (Å²) in [5.41, 5.74) is -0.129. The molecule has 0 aromatic carbocycles. The van der Waals surface area contributed by atoms with Gasteiger partial charge in [0.1, 0.15) is 0 Å². The summed E-state index contributed by atoms with van der Waals surface area (Å²) in [7, 11) is 0. The Morgan fingerprint density at radius 2 is 1.85 bits per heavy atom. The monoisotopic (exact) mass is 292 g/mol. The van der Waals surface area contributed by atoms with Gasteiger partial charge in [0.25, 0.3) is 0 Å². The van der Waals surface area contributed by atoms with Gasteiger partial charge in [-0.05, 0) is 37.6 Å². The molecule has 2 aliphatic heterocycles. The average Bonchev–Trinajstić information content (AvgIpc) is 2.36. The summed E-state index contributed by atoms with van der Waals surface area (Å²) in [6.45, 7) is 5.34. The van der Waals surface area contributed by atoms with Gasteiger partial charge < -0.3 is 10.2 Å². The van der Waals surface area contributed by atoms with E-state index in [1.807, 2.05) is 13.8 Å². The van der Waals surface area contributed by atoms with Gasteiger partial charge in [-0.15, -0.1) is 0 Å². The van der Waals surface area contributed by atoms with E-state index in [1.54, 1.807) is 4.90 Å². The van der Waals surface area contributed by atoms with Crippen LogP contribution in [-0.4, -0.2) is 42.7 Å². The molecule has 20 heavy (non-hydrogen) atoms. The SMILES string of the molecule is CC1(C)CCCNC1C(=O)N1CCC(C(F)(F)F)CC1. The van der Waals surface area contributed by atoms with Crippen molar-refractivity contribution in [2.45, 2.75) is 51.7 Å². The Morgan fingerprint density at radius 3 is 2.35 bits per heavy atom. The zero-order valence-electron chi connectivity index (χ0n) is 12.1. The Hall–Kier alpha value is -0.780. The molecular formula is C14H23F3N2O. The molecular weight excluding hydrogens is 269 g/mol. The van der Waals surface area contributed by atoms with E-state index in [4.69, 9.17) is 0 Å². The highest BCUT2D eigenvalue weighted by molar-refractivity contribution is 5.83. The lowest BCUT2D eigenvalue weighted by Crippen LogP contribution is -2.58. The van der Waals surface area contributed by atoms with Gasteiger partial charge in [-0.2, -0.15) is 13.2 Å². The van der Waals surface area contributed by atoms with Gasteiger partial charge in [-0.1, -0.05) is 13.8 Å². The van der Waals surface area contributed by atoms with Crippen LogP contribution in [-0.2, 0) is 4.79 Å². The van der Waals surface area contributed by atoms with Crippen LogP contribution in [0.4, 0.5) is 13.2 Å². The summed E-state index contributed by atoms with van der Waals surface area (Å²) in [6, 6.07) is -0.265. The molecule has 2 fully saturated rings. The van der Waals surface area contributed by atoms with Gasteiger partial charge in [0.2, 0.25) is 5.91 Å². The number of hydrogen-bond acceptors (Lipinski definition) is 2. The summed E-state index contributed by atoms with van der Waals surface area (Å²) in [5, 5.41) is 3.23. The second kappa shape index (κ2) is 5.54. The zero-order chi connectivity index (χ0) is 15.0. The molecule has 1 N–H and O–H groups in total. The third-order valence-electron chi connectivity index (χ3n) is 4.64. The van der Waals surface area contributed by atoms with E-state index in [-0.39, 0.29) is 43.3 Å². The maximum Gasteiger partial charge on any atom is 0.391 e. The fraction of sp³-hybridized carbons (Fsp3) is 0.929. The summed E-state index contributed by atoms with van der Waals surface area (Å²) in [6.07, 6.45) is -2.06.